The molecule has 0 aliphatic carbocycles. The minimum absolute atomic E-state index is 0.0360. The first-order chi connectivity index (χ1) is 31.7. The van der Waals surface area contributed by atoms with Gasteiger partial charge in [0.25, 0.3) is 11.8 Å². The van der Waals surface area contributed by atoms with Crippen molar-refractivity contribution in [1.82, 2.24) is 25.6 Å². The van der Waals surface area contributed by atoms with E-state index in [-0.39, 0.29) is 35.1 Å². The summed E-state index contributed by atoms with van der Waals surface area (Å²) < 4.78 is 49.8. The molecule has 0 spiro atoms. The fourth-order valence-electron chi connectivity index (χ4n) is 6.69. The molecule has 1 fully saturated rings. The second-order valence-electron chi connectivity index (χ2n) is 20.2. The molecule has 2 amide bonds. The molecule has 1 aromatic heterocycles. The lowest BCUT2D eigenvalue weighted by atomic mass is 9.98. The first kappa shape index (κ1) is 60.0. The van der Waals surface area contributed by atoms with Gasteiger partial charge in [0.2, 0.25) is 6.29 Å². The lowest BCUT2D eigenvalue weighted by molar-refractivity contribution is -0.170. The van der Waals surface area contributed by atoms with E-state index < -0.39 is 50.9 Å². The Morgan fingerprint density at radius 1 is 0.882 bits per heavy atom. The Morgan fingerprint density at radius 3 is 2.12 bits per heavy atom. The van der Waals surface area contributed by atoms with Crippen molar-refractivity contribution in [3.8, 4) is 11.5 Å². The van der Waals surface area contributed by atoms with Gasteiger partial charge in [0.1, 0.15) is 6.10 Å². The average molecular weight is 978 g/mol. The van der Waals surface area contributed by atoms with Gasteiger partial charge in [-0.2, -0.15) is 8.42 Å². The fraction of sp³-hybridized carbons (Fsp3) is 0.680. The number of aliphatic hydroxyl groups is 4. The highest BCUT2D eigenvalue weighted by molar-refractivity contribution is 7.87. The first-order valence-electron chi connectivity index (χ1n) is 23.8. The summed E-state index contributed by atoms with van der Waals surface area (Å²) in [6.07, 6.45) is 5.22. The average Bonchev–Trinajstić information content (AvgIpc) is 3.73. The number of carbonyl (C=O) groups is 2. The number of ether oxygens (including phenoxy) is 3. The van der Waals surface area contributed by atoms with Crippen molar-refractivity contribution < 1.29 is 56.8 Å². The van der Waals surface area contributed by atoms with Crippen LogP contribution < -0.4 is 19.6 Å². The summed E-state index contributed by atoms with van der Waals surface area (Å²) in [5.74, 6) is 0.403. The summed E-state index contributed by atoms with van der Waals surface area (Å²) in [5.41, 5.74) is 1.35. The highest BCUT2D eigenvalue weighted by atomic mass is 32.2. The Morgan fingerprint density at radius 2 is 1.53 bits per heavy atom. The lowest BCUT2D eigenvalue weighted by Crippen LogP contribution is -2.44. The van der Waals surface area contributed by atoms with Crippen LogP contribution in [0.2, 0.25) is 0 Å². The van der Waals surface area contributed by atoms with Gasteiger partial charge in [-0.05, 0) is 154 Å². The van der Waals surface area contributed by atoms with E-state index in [4.69, 9.17) is 28.6 Å². The van der Waals surface area contributed by atoms with Gasteiger partial charge in [-0.1, -0.05) is 45.0 Å². The molecule has 386 valence electrons. The van der Waals surface area contributed by atoms with Gasteiger partial charge in [0, 0.05) is 49.7 Å². The molecular weight excluding hydrogens is 895 g/mol. The number of hydrogen-bond donors (Lipinski definition) is 6. The van der Waals surface area contributed by atoms with E-state index in [0.29, 0.717) is 62.8 Å². The Balaban J connectivity index is 0.000000554. The molecule has 2 unspecified atom stereocenters. The topological polar surface area (TPSA) is 241 Å². The van der Waals surface area contributed by atoms with Gasteiger partial charge in [-0.25, -0.2) is 4.68 Å². The van der Waals surface area contributed by atoms with Crippen LogP contribution in [0.1, 0.15) is 166 Å². The van der Waals surface area contributed by atoms with Gasteiger partial charge in [0.05, 0.1) is 34.8 Å². The summed E-state index contributed by atoms with van der Waals surface area (Å²) in [6.45, 7) is 24.7. The summed E-state index contributed by atoms with van der Waals surface area (Å²) in [7, 11) is -2.99. The van der Waals surface area contributed by atoms with Gasteiger partial charge in [0.15, 0.2) is 11.5 Å². The molecule has 0 radical (unpaired) electrons. The largest absolute Gasteiger partial charge is 0.458 e. The third-order valence-electron chi connectivity index (χ3n) is 11.2. The normalized spacial score (nSPS) is 16.1. The molecule has 6 N–H and O–H groups in total. The minimum atomic E-state index is -3.99. The molecule has 68 heavy (non-hydrogen) atoms. The molecule has 17 nitrogen and oxygen atoms in total. The Hall–Kier alpha value is -4.17. The molecule has 0 bridgehead atoms. The maximum Gasteiger partial charge on any atom is 0.311 e. The summed E-state index contributed by atoms with van der Waals surface area (Å²) in [6, 6.07) is 11.4. The first-order valence-corrected chi connectivity index (χ1v) is 25.2. The molecule has 1 saturated heterocycles. The number of aromatic nitrogens is 3. The predicted molar refractivity (Wildman–Crippen MR) is 263 cm³/mol. The van der Waals surface area contributed by atoms with Gasteiger partial charge in [-0.3, -0.25) is 9.59 Å². The second-order valence-corrected chi connectivity index (χ2v) is 22.3. The molecule has 0 saturated carbocycles. The van der Waals surface area contributed by atoms with Crippen LogP contribution in [-0.4, -0.2) is 118 Å². The van der Waals surface area contributed by atoms with Crippen molar-refractivity contribution in [1.29, 1.82) is 0 Å². The van der Waals surface area contributed by atoms with Crippen molar-refractivity contribution in [3.05, 3.63) is 71.0 Å². The number of nitrogens with zero attached hydrogens (tertiary/aromatic N) is 3. The van der Waals surface area contributed by atoms with Crippen LogP contribution in [0, 0.1) is 11.8 Å². The van der Waals surface area contributed by atoms with Crippen molar-refractivity contribution in [2.45, 2.75) is 175 Å². The van der Waals surface area contributed by atoms with E-state index in [1.165, 1.54) is 32.0 Å². The van der Waals surface area contributed by atoms with E-state index in [2.05, 4.69) is 62.5 Å². The van der Waals surface area contributed by atoms with Gasteiger partial charge in [-0.15, -0.1) is 5.10 Å². The van der Waals surface area contributed by atoms with Crippen LogP contribution in [0.3, 0.4) is 0 Å². The molecule has 1 aliphatic heterocycles. The summed E-state index contributed by atoms with van der Waals surface area (Å²) in [5, 5.41) is 49.9. The van der Waals surface area contributed by atoms with Crippen LogP contribution in [0.15, 0.2) is 48.7 Å². The van der Waals surface area contributed by atoms with E-state index >= 15 is 0 Å². The number of carbonyl (C=O) groups excluding carboxylic acids is 2. The fourth-order valence-corrected chi connectivity index (χ4v) is 7.27. The Labute approximate surface area is 405 Å². The smallest absolute Gasteiger partial charge is 0.311 e. The lowest BCUT2D eigenvalue weighted by Gasteiger charge is -2.29. The molecule has 4 rings (SSSR count). The number of hydrogen-bond acceptors (Lipinski definition) is 14. The van der Waals surface area contributed by atoms with Crippen molar-refractivity contribution in [2.75, 3.05) is 33.5 Å². The second kappa shape index (κ2) is 27.9. The maximum atomic E-state index is 13.0. The van der Waals surface area contributed by atoms with Crippen molar-refractivity contribution in [3.63, 3.8) is 0 Å². The van der Waals surface area contributed by atoms with E-state index in [1.54, 1.807) is 24.3 Å². The number of amides is 2. The zero-order valence-electron chi connectivity index (χ0n) is 42.9. The molecule has 18 heteroatoms. The zero-order valence-corrected chi connectivity index (χ0v) is 43.7. The number of benzene rings is 2. The van der Waals surface area contributed by atoms with Gasteiger partial charge >= 0.3 is 10.1 Å². The van der Waals surface area contributed by atoms with Crippen molar-refractivity contribution >= 4 is 21.9 Å². The van der Waals surface area contributed by atoms with Crippen molar-refractivity contribution in [2.24, 2.45) is 11.8 Å². The van der Waals surface area contributed by atoms with Crippen LogP contribution >= 0.6 is 0 Å². The highest BCUT2D eigenvalue weighted by Crippen LogP contribution is 2.33. The van der Waals surface area contributed by atoms with Crippen LogP contribution in [0.4, 0.5) is 0 Å². The number of aliphatic hydroxyl groups excluding tert-OH is 4. The maximum absolute atomic E-state index is 13.0. The third-order valence-corrected chi connectivity index (χ3v) is 12.8. The SMILES string of the molecule is CC(C)CCC(O)c1ccc(C(=O)NC(C)(C)CCO)cc1.CC(C)Cc1cn(C(C)(C)CCOC(C)(C)CCNC(=O)c2ccc(O[C@@H]3OCCCC3O)c(OS(=O)(=O)C(C)C)c2)nn1.CO. The number of rotatable bonds is 24. The van der Waals surface area contributed by atoms with Crippen LogP contribution in [-0.2, 0) is 31.6 Å². The van der Waals surface area contributed by atoms with E-state index in [0.717, 1.165) is 44.1 Å². The van der Waals surface area contributed by atoms with Crippen LogP contribution in [0.25, 0.3) is 0 Å². The highest BCUT2D eigenvalue weighted by Gasteiger charge is 2.30. The standard InChI is InChI=1S/C31H50N4O8S.C18H29NO3.CH4O/c1-21(2)18-24-20-35(34-33-24)30(5,6)14-17-41-31(7,8)13-15-32-28(37)23-11-12-26(42-29-25(36)10-9-16-40-29)27(19-23)43-44(38,39)22(3)4;1-13(2)5-10-16(21)14-6-8-15(9-7-14)17(22)19-18(3,4)11-12-20;1-2/h11-12,19-22,25,29,36H,9-10,13-18H2,1-8H3,(H,32,37);6-9,13,16,20-21H,5,10-12H2,1-4H3,(H,19,22);2H,1H3/t25?,29-;;/m0../s1. The monoisotopic (exact) mass is 978 g/mol. The van der Waals surface area contributed by atoms with Gasteiger partial charge < -0.3 is 49.5 Å². The zero-order chi connectivity index (χ0) is 51.5. The Bertz CT molecular complexity index is 2070. The predicted octanol–water partition coefficient (Wildman–Crippen LogP) is 6.87. The molecular formula is C50H83N5O12S. The molecule has 2 heterocycles. The van der Waals surface area contributed by atoms with E-state index in [9.17, 15) is 28.2 Å². The molecule has 3 atom stereocenters. The number of nitrogens with one attached hydrogen (secondary N) is 2. The third kappa shape index (κ3) is 20.8. The molecule has 3 aromatic rings. The van der Waals surface area contributed by atoms with Crippen LogP contribution in [0.5, 0.6) is 11.5 Å². The Kier molecular flexibility index (Phi) is 24.6. The molecule has 2 aromatic carbocycles. The summed E-state index contributed by atoms with van der Waals surface area (Å²) >= 11 is 0. The molecule has 1 aliphatic rings. The summed E-state index contributed by atoms with van der Waals surface area (Å²) in [4.78, 5) is 25.2. The quantitative estimate of drug-likeness (QED) is 0.0503. The minimum Gasteiger partial charge on any atom is -0.458 e. The van der Waals surface area contributed by atoms with E-state index in [1.807, 2.05) is 38.6 Å².